The third kappa shape index (κ3) is 4.45. The van der Waals surface area contributed by atoms with Crippen LogP contribution in [0.25, 0.3) is 0 Å². The third-order valence-electron chi connectivity index (χ3n) is 4.69. The van der Waals surface area contributed by atoms with E-state index in [0.29, 0.717) is 37.2 Å². The summed E-state index contributed by atoms with van der Waals surface area (Å²) in [6, 6.07) is -0.0567. The number of carbonyl (C=O) groups excluding carboxylic acids is 1. The average Bonchev–Trinajstić information content (AvgIpc) is 3.28. The van der Waals surface area contributed by atoms with Crippen molar-refractivity contribution in [2.45, 2.75) is 31.6 Å². The summed E-state index contributed by atoms with van der Waals surface area (Å²) in [7, 11) is 1.64. The van der Waals surface area contributed by atoms with E-state index < -0.39 is 0 Å². The van der Waals surface area contributed by atoms with E-state index in [9.17, 15) is 4.79 Å². The Hall–Kier alpha value is -1.67. The van der Waals surface area contributed by atoms with Crippen molar-refractivity contribution in [1.29, 1.82) is 0 Å². The second-order valence-corrected chi connectivity index (χ2v) is 6.42. The lowest BCUT2D eigenvalue weighted by Gasteiger charge is -2.21. The molecule has 2 aliphatic heterocycles. The molecule has 8 nitrogen and oxygen atoms in total. The maximum atomic E-state index is 11.6. The van der Waals surface area contributed by atoms with Crippen LogP contribution in [-0.2, 0) is 15.9 Å². The number of hydrogen-bond acceptors (Lipinski definition) is 6. The first kappa shape index (κ1) is 17.2. The second-order valence-electron chi connectivity index (χ2n) is 6.42. The maximum Gasteiger partial charge on any atom is 0.317 e. The number of aromatic nitrogens is 2. The molecule has 1 atom stereocenters. The van der Waals surface area contributed by atoms with E-state index in [1.807, 2.05) is 0 Å². The summed E-state index contributed by atoms with van der Waals surface area (Å²) >= 11 is 0. The van der Waals surface area contributed by atoms with E-state index in [-0.39, 0.29) is 11.9 Å². The van der Waals surface area contributed by atoms with Gasteiger partial charge in [0, 0.05) is 46.4 Å². The van der Waals surface area contributed by atoms with Crippen LogP contribution in [-0.4, -0.2) is 67.6 Å². The number of amides is 2. The fraction of sp³-hybridized carbons (Fsp3) is 0.812. The van der Waals surface area contributed by atoms with Crippen LogP contribution in [0.15, 0.2) is 4.52 Å². The van der Waals surface area contributed by atoms with Gasteiger partial charge in [-0.05, 0) is 25.2 Å². The molecule has 1 aromatic heterocycles. The van der Waals surface area contributed by atoms with E-state index in [0.717, 1.165) is 45.6 Å². The van der Waals surface area contributed by atoms with Gasteiger partial charge in [-0.1, -0.05) is 5.16 Å². The van der Waals surface area contributed by atoms with Crippen LogP contribution >= 0.6 is 0 Å². The standard InChI is InChI=1S/C16H26N4O4/c1-17-16(21)20-6-2-13(10-20)15-18-14(19-24-15)5-9-23-11-12-3-7-22-8-4-12/h12-13H,2-11H2,1H3,(H,17,21). The molecule has 2 amide bonds. The molecule has 0 aromatic carbocycles. The highest BCUT2D eigenvalue weighted by Gasteiger charge is 2.30. The van der Waals surface area contributed by atoms with Gasteiger partial charge in [0.05, 0.1) is 12.5 Å². The highest BCUT2D eigenvalue weighted by molar-refractivity contribution is 5.74. The zero-order valence-electron chi connectivity index (χ0n) is 14.2. The van der Waals surface area contributed by atoms with Gasteiger partial charge in [0.15, 0.2) is 5.82 Å². The van der Waals surface area contributed by atoms with E-state index in [4.69, 9.17) is 14.0 Å². The van der Waals surface area contributed by atoms with Crippen molar-refractivity contribution in [2.75, 3.05) is 46.6 Å². The van der Waals surface area contributed by atoms with E-state index in [2.05, 4.69) is 15.5 Å². The normalized spacial score (nSPS) is 22.0. The molecule has 0 spiro atoms. The number of urea groups is 1. The lowest BCUT2D eigenvalue weighted by molar-refractivity contribution is 0.0211. The molecule has 2 fully saturated rings. The molecule has 2 aliphatic rings. The number of ether oxygens (including phenoxy) is 2. The average molecular weight is 338 g/mol. The Balaban J connectivity index is 1.38. The molecule has 0 bridgehead atoms. The number of nitrogens with zero attached hydrogens (tertiary/aromatic N) is 3. The van der Waals surface area contributed by atoms with Crippen LogP contribution in [0.1, 0.15) is 36.9 Å². The van der Waals surface area contributed by atoms with Gasteiger partial charge >= 0.3 is 6.03 Å². The molecule has 1 N–H and O–H groups in total. The number of nitrogens with one attached hydrogen (secondary N) is 1. The number of hydrogen-bond donors (Lipinski definition) is 1. The molecule has 24 heavy (non-hydrogen) atoms. The summed E-state index contributed by atoms with van der Waals surface area (Å²) in [6.07, 6.45) is 3.67. The van der Waals surface area contributed by atoms with Gasteiger partial charge < -0.3 is 24.2 Å². The summed E-state index contributed by atoms with van der Waals surface area (Å²) in [4.78, 5) is 17.9. The molecule has 3 rings (SSSR count). The lowest BCUT2D eigenvalue weighted by atomic mass is 10.0. The first-order chi connectivity index (χ1) is 11.8. The van der Waals surface area contributed by atoms with Gasteiger partial charge in [-0.3, -0.25) is 0 Å². The van der Waals surface area contributed by atoms with Crippen LogP contribution < -0.4 is 5.32 Å². The molecule has 2 saturated heterocycles. The monoisotopic (exact) mass is 338 g/mol. The quantitative estimate of drug-likeness (QED) is 0.784. The SMILES string of the molecule is CNC(=O)N1CCC(c2nc(CCOCC3CCOCC3)no2)C1. The molecule has 1 aromatic rings. The second kappa shape index (κ2) is 8.43. The summed E-state index contributed by atoms with van der Waals surface area (Å²) in [5.41, 5.74) is 0. The lowest BCUT2D eigenvalue weighted by Crippen LogP contribution is -2.36. The zero-order chi connectivity index (χ0) is 16.8. The summed E-state index contributed by atoms with van der Waals surface area (Å²) < 4.78 is 16.4. The van der Waals surface area contributed by atoms with Crippen molar-refractivity contribution in [3.8, 4) is 0 Å². The molecule has 1 unspecified atom stereocenters. The fourth-order valence-corrected chi connectivity index (χ4v) is 3.17. The fourth-order valence-electron chi connectivity index (χ4n) is 3.17. The van der Waals surface area contributed by atoms with Crippen molar-refractivity contribution in [3.63, 3.8) is 0 Å². The van der Waals surface area contributed by atoms with Crippen molar-refractivity contribution in [2.24, 2.45) is 5.92 Å². The minimum atomic E-state index is -0.0567. The Bertz CT molecular complexity index is 530. The molecular formula is C16H26N4O4. The molecule has 0 aliphatic carbocycles. The number of carbonyl (C=O) groups is 1. The van der Waals surface area contributed by atoms with Gasteiger partial charge in [0.1, 0.15) is 0 Å². The maximum absolute atomic E-state index is 11.6. The Kier molecular flexibility index (Phi) is 6.03. The van der Waals surface area contributed by atoms with Crippen molar-refractivity contribution >= 4 is 6.03 Å². The van der Waals surface area contributed by atoms with Crippen molar-refractivity contribution in [3.05, 3.63) is 11.7 Å². The van der Waals surface area contributed by atoms with Gasteiger partial charge in [0.2, 0.25) is 5.89 Å². The molecule has 3 heterocycles. The van der Waals surface area contributed by atoms with Crippen LogP contribution in [0.4, 0.5) is 4.79 Å². The highest BCUT2D eigenvalue weighted by atomic mass is 16.5. The predicted molar refractivity (Wildman–Crippen MR) is 85.8 cm³/mol. The Morgan fingerprint density at radius 1 is 1.38 bits per heavy atom. The Morgan fingerprint density at radius 2 is 2.21 bits per heavy atom. The minimum absolute atomic E-state index is 0.0567. The van der Waals surface area contributed by atoms with Crippen molar-refractivity contribution < 1.29 is 18.8 Å². The van der Waals surface area contributed by atoms with Gasteiger partial charge in [0.25, 0.3) is 0 Å². The Labute approximate surface area is 141 Å². The highest BCUT2D eigenvalue weighted by Crippen LogP contribution is 2.25. The topological polar surface area (TPSA) is 89.7 Å². The number of likely N-dealkylation sites (tertiary alicyclic amines) is 1. The zero-order valence-corrected chi connectivity index (χ0v) is 14.2. The summed E-state index contributed by atoms with van der Waals surface area (Å²) in [5, 5.41) is 6.67. The van der Waals surface area contributed by atoms with Gasteiger partial charge in [-0.25, -0.2) is 4.79 Å². The van der Waals surface area contributed by atoms with Crippen LogP contribution in [0.5, 0.6) is 0 Å². The van der Waals surface area contributed by atoms with E-state index in [1.165, 1.54) is 0 Å². The largest absolute Gasteiger partial charge is 0.381 e. The smallest absolute Gasteiger partial charge is 0.317 e. The molecule has 134 valence electrons. The molecule has 8 heteroatoms. The van der Waals surface area contributed by atoms with Crippen LogP contribution in [0, 0.1) is 5.92 Å². The van der Waals surface area contributed by atoms with Gasteiger partial charge in [-0.15, -0.1) is 0 Å². The number of rotatable bonds is 6. The molecular weight excluding hydrogens is 312 g/mol. The van der Waals surface area contributed by atoms with Crippen LogP contribution in [0.3, 0.4) is 0 Å². The van der Waals surface area contributed by atoms with E-state index >= 15 is 0 Å². The van der Waals surface area contributed by atoms with Gasteiger partial charge in [-0.2, -0.15) is 4.98 Å². The van der Waals surface area contributed by atoms with E-state index in [1.54, 1.807) is 11.9 Å². The predicted octanol–water partition coefficient (Wildman–Crippen LogP) is 1.18. The first-order valence-corrected chi connectivity index (χ1v) is 8.71. The molecule has 0 radical (unpaired) electrons. The minimum Gasteiger partial charge on any atom is -0.381 e. The third-order valence-corrected chi connectivity index (χ3v) is 4.69. The Morgan fingerprint density at radius 3 is 3.00 bits per heavy atom. The summed E-state index contributed by atoms with van der Waals surface area (Å²) in [6.45, 7) is 4.41. The van der Waals surface area contributed by atoms with Crippen LogP contribution in [0.2, 0.25) is 0 Å². The summed E-state index contributed by atoms with van der Waals surface area (Å²) in [5.74, 6) is 2.04. The van der Waals surface area contributed by atoms with Crippen molar-refractivity contribution in [1.82, 2.24) is 20.4 Å². The first-order valence-electron chi connectivity index (χ1n) is 8.71. The molecule has 0 saturated carbocycles.